The summed E-state index contributed by atoms with van der Waals surface area (Å²) in [6, 6.07) is 14.1. The minimum absolute atomic E-state index is 0.325. The molecule has 0 aliphatic rings. The molecule has 2 aromatic carbocycles. The van der Waals surface area contributed by atoms with E-state index in [1.807, 2.05) is 25.1 Å². The van der Waals surface area contributed by atoms with Gasteiger partial charge in [0.15, 0.2) is 0 Å². The smallest absolute Gasteiger partial charge is 0.229 e. The molecule has 0 bridgehead atoms. The molecule has 0 amide bonds. The Balaban J connectivity index is 1.79. The lowest BCUT2D eigenvalue weighted by Crippen LogP contribution is -2.01. The van der Waals surface area contributed by atoms with Gasteiger partial charge < -0.3 is 10.6 Å². The van der Waals surface area contributed by atoms with E-state index < -0.39 is 0 Å². The second-order valence-corrected chi connectivity index (χ2v) is 5.81. The van der Waals surface area contributed by atoms with Crippen molar-refractivity contribution in [3.8, 4) is 0 Å². The largest absolute Gasteiger partial charge is 0.340 e. The maximum absolute atomic E-state index is 13.7. The molecule has 0 saturated heterocycles. The van der Waals surface area contributed by atoms with Crippen molar-refractivity contribution in [3.63, 3.8) is 0 Å². The second kappa shape index (κ2) is 6.75. The summed E-state index contributed by atoms with van der Waals surface area (Å²) >= 11 is 3.50. The van der Waals surface area contributed by atoms with E-state index in [2.05, 4.69) is 36.5 Å². The van der Waals surface area contributed by atoms with Gasteiger partial charge in [-0.25, -0.2) is 9.37 Å². The highest BCUT2D eigenvalue weighted by Gasteiger charge is 2.05. The van der Waals surface area contributed by atoms with Crippen LogP contribution in [0.3, 0.4) is 0 Å². The third-order valence-electron chi connectivity index (χ3n) is 3.22. The number of nitrogens with zero attached hydrogens (tertiary/aromatic N) is 2. The predicted octanol–water partition coefficient (Wildman–Crippen LogP) is 5.17. The fraction of sp³-hybridized carbons (Fsp3) is 0.0588. The summed E-state index contributed by atoms with van der Waals surface area (Å²) in [5.41, 5.74) is 2.39. The number of aromatic nitrogens is 2. The Hall–Kier alpha value is -2.47. The zero-order chi connectivity index (χ0) is 16.2. The quantitative estimate of drug-likeness (QED) is 0.662. The van der Waals surface area contributed by atoms with Crippen LogP contribution in [-0.2, 0) is 0 Å². The van der Waals surface area contributed by atoms with E-state index >= 15 is 0 Å². The Bertz CT molecular complexity index is 838. The summed E-state index contributed by atoms with van der Waals surface area (Å²) in [7, 11) is 0. The second-order valence-electron chi connectivity index (χ2n) is 4.96. The standard InChI is InChI=1S/C17H14BrFN4/c1-11-6-7-12(10-13(11)18)21-16-8-9-20-17(23-16)22-15-5-3-2-4-14(15)19/h2-10H,1H3,(H2,20,21,22,23). The van der Waals surface area contributed by atoms with Gasteiger partial charge in [-0.1, -0.05) is 34.1 Å². The van der Waals surface area contributed by atoms with Crippen LogP contribution in [0.5, 0.6) is 0 Å². The highest BCUT2D eigenvalue weighted by atomic mass is 79.9. The molecular weight excluding hydrogens is 359 g/mol. The zero-order valence-corrected chi connectivity index (χ0v) is 13.9. The number of nitrogens with one attached hydrogen (secondary N) is 2. The van der Waals surface area contributed by atoms with Gasteiger partial charge in [-0.3, -0.25) is 0 Å². The first kappa shape index (κ1) is 15.4. The fourth-order valence-electron chi connectivity index (χ4n) is 1.99. The Morgan fingerprint density at radius 2 is 1.87 bits per heavy atom. The van der Waals surface area contributed by atoms with Crippen LogP contribution in [0.4, 0.5) is 27.5 Å². The van der Waals surface area contributed by atoms with Crippen LogP contribution < -0.4 is 10.6 Å². The van der Waals surface area contributed by atoms with Crippen molar-refractivity contribution in [2.45, 2.75) is 6.92 Å². The van der Waals surface area contributed by atoms with Crippen molar-refractivity contribution in [1.82, 2.24) is 9.97 Å². The van der Waals surface area contributed by atoms with Crippen molar-refractivity contribution in [3.05, 3.63) is 70.6 Å². The van der Waals surface area contributed by atoms with Gasteiger partial charge in [0.2, 0.25) is 5.95 Å². The van der Waals surface area contributed by atoms with Crippen molar-refractivity contribution in [1.29, 1.82) is 0 Å². The third-order valence-corrected chi connectivity index (χ3v) is 4.07. The van der Waals surface area contributed by atoms with Gasteiger partial charge in [-0.15, -0.1) is 0 Å². The molecule has 0 radical (unpaired) electrons. The Morgan fingerprint density at radius 1 is 1.04 bits per heavy atom. The summed E-state index contributed by atoms with van der Waals surface area (Å²) in [6.07, 6.45) is 1.61. The number of aryl methyl sites for hydroxylation is 1. The van der Waals surface area contributed by atoms with Crippen molar-refractivity contribution >= 4 is 39.1 Å². The Morgan fingerprint density at radius 3 is 2.65 bits per heavy atom. The minimum Gasteiger partial charge on any atom is -0.340 e. The van der Waals surface area contributed by atoms with E-state index in [9.17, 15) is 4.39 Å². The van der Waals surface area contributed by atoms with E-state index in [0.717, 1.165) is 15.7 Å². The fourth-order valence-corrected chi connectivity index (χ4v) is 2.37. The molecule has 4 nitrogen and oxygen atoms in total. The molecular formula is C17H14BrFN4. The molecule has 3 rings (SSSR count). The number of benzene rings is 2. The molecule has 0 atom stereocenters. The SMILES string of the molecule is Cc1ccc(Nc2ccnc(Nc3ccccc3F)n2)cc1Br. The van der Waals surface area contributed by atoms with Crippen molar-refractivity contribution < 1.29 is 4.39 Å². The first-order valence-corrected chi connectivity index (χ1v) is 7.79. The molecule has 116 valence electrons. The molecule has 1 heterocycles. The average molecular weight is 373 g/mol. The van der Waals surface area contributed by atoms with E-state index in [-0.39, 0.29) is 5.82 Å². The van der Waals surface area contributed by atoms with E-state index in [4.69, 9.17) is 0 Å². The van der Waals surface area contributed by atoms with Gasteiger partial charge in [-0.2, -0.15) is 4.98 Å². The van der Waals surface area contributed by atoms with Crippen LogP contribution in [0.1, 0.15) is 5.56 Å². The van der Waals surface area contributed by atoms with Gasteiger partial charge in [0.05, 0.1) is 5.69 Å². The molecule has 3 aromatic rings. The molecule has 0 spiro atoms. The monoisotopic (exact) mass is 372 g/mol. The summed E-state index contributed by atoms with van der Waals surface area (Å²) in [5.74, 6) is 0.595. The van der Waals surface area contributed by atoms with Crippen molar-refractivity contribution in [2.24, 2.45) is 0 Å². The van der Waals surface area contributed by atoms with Crippen LogP contribution >= 0.6 is 15.9 Å². The van der Waals surface area contributed by atoms with Gasteiger partial charge in [0.25, 0.3) is 0 Å². The van der Waals surface area contributed by atoms with Crippen LogP contribution in [0.25, 0.3) is 0 Å². The van der Waals surface area contributed by atoms with Gasteiger partial charge in [0.1, 0.15) is 11.6 Å². The molecule has 1 aromatic heterocycles. The van der Waals surface area contributed by atoms with Crippen LogP contribution in [0.2, 0.25) is 0 Å². The first-order valence-electron chi connectivity index (χ1n) is 6.99. The summed E-state index contributed by atoms with van der Waals surface area (Å²) < 4.78 is 14.7. The lowest BCUT2D eigenvalue weighted by molar-refractivity contribution is 0.631. The molecule has 0 fully saturated rings. The highest BCUT2D eigenvalue weighted by molar-refractivity contribution is 9.10. The van der Waals surface area contributed by atoms with E-state index in [1.165, 1.54) is 6.07 Å². The number of halogens is 2. The van der Waals surface area contributed by atoms with E-state index in [0.29, 0.717) is 17.5 Å². The van der Waals surface area contributed by atoms with Gasteiger partial charge >= 0.3 is 0 Å². The molecule has 23 heavy (non-hydrogen) atoms. The molecule has 6 heteroatoms. The molecule has 0 aliphatic carbocycles. The van der Waals surface area contributed by atoms with Crippen LogP contribution in [0, 0.1) is 12.7 Å². The maximum atomic E-state index is 13.7. The van der Waals surface area contributed by atoms with Crippen LogP contribution in [0.15, 0.2) is 59.2 Å². The molecule has 0 aliphatic heterocycles. The van der Waals surface area contributed by atoms with Gasteiger partial charge in [-0.05, 0) is 42.8 Å². The number of hydrogen-bond acceptors (Lipinski definition) is 4. The molecule has 2 N–H and O–H groups in total. The number of rotatable bonds is 4. The van der Waals surface area contributed by atoms with Crippen molar-refractivity contribution in [2.75, 3.05) is 10.6 Å². The third kappa shape index (κ3) is 3.84. The number of hydrogen-bond donors (Lipinski definition) is 2. The zero-order valence-electron chi connectivity index (χ0n) is 12.3. The van der Waals surface area contributed by atoms with Crippen LogP contribution in [-0.4, -0.2) is 9.97 Å². The lowest BCUT2D eigenvalue weighted by atomic mass is 10.2. The lowest BCUT2D eigenvalue weighted by Gasteiger charge is -2.10. The molecule has 0 unspecified atom stereocenters. The summed E-state index contributed by atoms with van der Waals surface area (Å²) in [4.78, 5) is 8.45. The minimum atomic E-state index is -0.350. The topological polar surface area (TPSA) is 49.8 Å². The summed E-state index contributed by atoms with van der Waals surface area (Å²) in [5, 5.41) is 6.07. The summed E-state index contributed by atoms with van der Waals surface area (Å²) in [6.45, 7) is 2.02. The predicted molar refractivity (Wildman–Crippen MR) is 93.9 cm³/mol. The van der Waals surface area contributed by atoms with E-state index in [1.54, 1.807) is 30.5 Å². The average Bonchev–Trinajstić information content (AvgIpc) is 2.54. The normalized spacial score (nSPS) is 10.4. The number of anilines is 4. The maximum Gasteiger partial charge on any atom is 0.229 e. The first-order chi connectivity index (χ1) is 11.1. The Kier molecular flexibility index (Phi) is 4.52. The number of para-hydroxylation sites is 1. The molecule has 0 saturated carbocycles. The Labute approximate surface area is 141 Å². The van der Waals surface area contributed by atoms with Gasteiger partial charge in [0, 0.05) is 16.4 Å². The highest BCUT2D eigenvalue weighted by Crippen LogP contribution is 2.23.